The van der Waals surface area contributed by atoms with Gasteiger partial charge in [0.1, 0.15) is 0 Å². The number of halogens is 2. The summed E-state index contributed by atoms with van der Waals surface area (Å²) in [5.41, 5.74) is 0.0953. The van der Waals surface area contributed by atoms with Gasteiger partial charge in [0, 0.05) is 0 Å². The third kappa shape index (κ3) is 3.60. The Morgan fingerprint density at radius 2 is 1.94 bits per heavy atom. The molecule has 5 nitrogen and oxygen atoms in total. The lowest BCUT2D eigenvalue weighted by atomic mass is 10.2. The minimum atomic E-state index is -1.43. The Morgan fingerprint density at radius 1 is 1.39 bits per heavy atom. The average Bonchev–Trinajstić information content (AvgIpc) is 2.34. The number of hydrogen-bond acceptors (Lipinski definition) is 4. The first-order chi connectivity index (χ1) is 8.47. The maximum Gasteiger partial charge on any atom is 0.336 e. The minimum absolute atomic E-state index is 0.0953. The van der Waals surface area contributed by atoms with Gasteiger partial charge in [0.05, 0.1) is 29.3 Å². The Morgan fingerprint density at radius 3 is 2.44 bits per heavy atom. The minimum Gasteiger partial charge on any atom is -0.467 e. The van der Waals surface area contributed by atoms with Gasteiger partial charge in [-0.1, -0.05) is 29.3 Å². The van der Waals surface area contributed by atoms with Gasteiger partial charge < -0.3 is 15.2 Å². The van der Waals surface area contributed by atoms with Crippen LogP contribution in [0.2, 0.25) is 10.0 Å². The molecule has 0 aliphatic heterocycles. The fourth-order valence-electron chi connectivity index (χ4n) is 1.21. The maximum atomic E-state index is 11.8. The highest BCUT2D eigenvalue weighted by Gasteiger charge is 2.19. The monoisotopic (exact) mass is 291 g/mol. The number of ether oxygens (including phenoxy) is 1. The van der Waals surface area contributed by atoms with E-state index in [9.17, 15) is 14.7 Å². The summed E-state index contributed by atoms with van der Waals surface area (Å²) in [5, 5.41) is 12.0. The topological polar surface area (TPSA) is 75.6 Å². The second-order valence-corrected chi connectivity index (χ2v) is 4.16. The number of hydrogen-bond donors (Lipinski definition) is 2. The van der Waals surface area contributed by atoms with Crippen LogP contribution in [-0.2, 0) is 9.53 Å². The van der Waals surface area contributed by atoms with Gasteiger partial charge in [-0.05, 0) is 12.1 Å². The Kier molecular flexibility index (Phi) is 5.40. The standard InChI is InChI=1S/C11H11Cl2NO4/c1-18-11(17)8(15)5-14-10(16)9-6(12)3-2-4-7(9)13/h2-4,8,15H,5H2,1H3,(H,14,16). The molecule has 7 heteroatoms. The number of methoxy groups -OCH3 is 1. The zero-order valence-corrected chi connectivity index (χ0v) is 11.0. The van der Waals surface area contributed by atoms with E-state index in [1.54, 1.807) is 6.07 Å². The molecule has 1 atom stereocenters. The lowest BCUT2D eigenvalue weighted by Crippen LogP contribution is -2.37. The van der Waals surface area contributed by atoms with Crippen LogP contribution in [0.15, 0.2) is 18.2 Å². The molecule has 0 aliphatic rings. The van der Waals surface area contributed by atoms with E-state index >= 15 is 0 Å². The third-order valence-electron chi connectivity index (χ3n) is 2.12. The fourth-order valence-corrected chi connectivity index (χ4v) is 1.78. The number of carbonyl (C=O) groups excluding carboxylic acids is 2. The molecule has 1 rings (SSSR count). The molecule has 0 spiro atoms. The molecule has 1 aromatic rings. The number of aliphatic hydroxyl groups is 1. The normalized spacial score (nSPS) is 11.8. The first kappa shape index (κ1) is 14.8. The van der Waals surface area contributed by atoms with Crippen LogP contribution in [0.3, 0.4) is 0 Å². The van der Waals surface area contributed by atoms with Crippen LogP contribution in [0.4, 0.5) is 0 Å². The van der Waals surface area contributed by atoms with Crippen LogP contribution in [0, 0.1) is 0 Å². The van der Waals surface area contributed by atoms with Crippen molar-refractivity contribution in [2.75, 3.05) is 13.7 Å². The molecule has 0 fully saturated rings. The van der Waals surface area contributed by atoms with Crippen LogP contribution in [0.1, 0.15) is 10.4 Å². The highest BCUT2D eigenvalue weighted by atomic mass is 35.5. The van der Waals surface area contributed by atoms with Crippen LogP contribution in [0.25, 0.3) is 0 Å². The second kappa shape index (κ2) is 6.58. The molecule has 0 heterocycles. The second-order valence-electron chi connectivity index (χ2n) is 3.35. The van der Waals surface area contributed by atoms with Gasteiger partial charge in [-0.2, -0.15) is 0 Å². The van der Waals surface area contributed by atoms with E-state index in [1.807, 2.05) is 0 Å². The molecule has 2 N–H and O–H groups in total. The molecular weight excluding hydrogens is 281 g/mol. The van der Waals surface area contributed by atoms with Crippen molar-refractivity contribution < 1.29 is 19.4 Å². The molecule has 0 saturated carbocycles. The molecule has 0 aromatic heterocycles. The van der Waals surface area contributed by atoms with E-state index in [0.29, 0.717) is 0 Å². The summed E-state index contributed by atoms with van der Waals surface area (Å²) < 4.78 is 4.31. The Bertz CT molecular complexity index is 444. The number of nitrogens with one attached hydrogen (secondary N) is 1. The molecule has 1 aromatic carbocycles. The molecule has 18 heavy (non-hydrogen) atoms. The van der Waals surface area contributed by atoms with E-state index in [2.05, 4.69) is 10.1 Å². The van der Waals surface area contributed by atoms with E-state index in [0.717, 1.165) is 7.11 Å². The number of benzene rings is 1. The summed E-state index contributed by atoms with van der Waals surface area (Å²) in [6.07, 6.45) is -1.43. The molecule has 1 unspecified atom stereocenters. The Hall–Kier alpha value is -1.30. The highest BCUT2D eigenvalue weighted by molar-refractivity contribution is 6.39. The SMILES string of the molecule is COC(=O)C(O)CNC(=O)c1c(Cl)cccc1Cl. The van der Waals surface area contributed by atoms with E-state index in [-0.39, 0.29) is 22.2 Å². The average molecular weight is 292 g/mol. The van der Waals surface area contributed by atoms with Gasteiger partial charge in [0.25, 0.3) is 5.91 Å². The first-order valence-corrected chi connectivity index (χ1v) is 5.71. The van der Waals surface area contributed by atoms with Crippen molar-refractivity contribution in [1.29, 1.82) is 0 Å². The van der Waals surface area contributed by atoms with Gasteiger partial charge in [0.15, 0.2) is 6.10 Å². The molecule has 98 valence electrons. The van der Waals surface area contributed by atoms with Crippen molar-refractivity contribution in [2.24, 2.45) is 0 Å². The van der Waals surface area contributed by atoms with Gasteiger partial charge in [-0.3, -0.25) is 4.79 Å². The number of aliphatic hydroxyl groups excluding tert-OH is 1. The van der Waals surface area contributed by atoms with Crippen LogP contribution in [-0.4, -0.2) is 36.7 Å². The van der Waals surface area contributed by atoms with Crippen LogP contribution >= 0.6 is 23.2 Å². The van der Waals surface area contributed by atoms with Crippen molar-refractivity contribution in [3.05, 3.63) is 33.8 Å². The summed E-state index contributed by atoms with van der Waals surface area (Å²) in [6.45, 7) is -0.285. The van der Waals surface area contributed by atoms with Crippen molar-refractivity contribution in [1.82, 2.24) is 5.32 Å². The van der Waals surface area contributed by atoms with Gasteiger partial charge >= 0.3 is 5.97 Å². The summed E-state index contributed by atoms with van der Waals surface area (Å²) in [7, 11) is 1.14. The zero-order valence-electron chi connectivity index (χ0n) is 9.44. The van der Waals surface area contributed by atoms with E-state index < -0.39 is 18.0 Å². The fraction of sp³-hybridized carbons (Fsp3) is 0.273. The molecule has 0 bridgehead atoms. The Labute approximate surface area is 114 Å². The van der Waals surface area contributed by atoms with Crippen molar-refractivity contribution in [2.45, 2.75) is 6.10 Å². The quantitative estimate of drug-likeness (QED) is 0.819. The van der Waals surface area contributed by atoms with Crippen LogP contribution < -0.4 is 5.32 Å². The predicted octanol–water partition coefficient (Wildman–Crippen LogP) is 1.26. The summed E-state index contributed by atoms with van der Waals surface area (Å²) in [5.74, 6) is -1.41. The number of rotatable bonds is 4. The summed E-state index contributed by atoms with van der Waals surface area (Å²) >= 11 is 11.7. The predicted molar refractivity (Wildman–Crippen MR) is 66.8 cm³/mol. The number of amides is 1. The van der Waals surface area contributed by atoms with E-state index in [4.69, 9.17) is 23.2 Å². The number of carbonyl (C=O) groups is 2. The summed E-state index contributed by atoms with van der Waals surface area (Å²) in [4.78, 5) is 22.7. The molecule has 1 amide bonds. The molecule has 0 aliphatic carbocycles. The highest BCUT2D eigenvalue weighted by Crippen LogP contribution is 2.23. The van der Waals surface area contributed by atoms with Crippen molar-refractivity contribution in [3.8, 4) is 0 Å². The first-order valence-electron chi connectivity index (χ1n) is 4.95. The smallest absolute Gasteiger partial charge is 0.336 e. The van der Waals surface area contributed by atoms with E-state index in [1.165, 1.54) is 12.1 Å². The van der Waals surface area contributed by atoms with Gasteiger partial charge in [-0.15, -0.1) is 0 Å². The third-order valence-corrected chi connectivity index (χ3v) is 2.75. The Balaban J connectivity index is 2.69. The largest absolute Gasteiger partial charge is 0.467 e. The maximum absolute atomic E-state index is 11.8. The lowest BCUT2D eigenvalue weighted by Gasteiger charge is -2.11. The van der Waals surface area contributed by atoms with Crippen molar-refractivity contribution in [3.63, 3.8) is 0 Å². The zero-order chi connectivity index (χ0) is 13.7. The molecule has 0 radical (unpaired) electrons. The molecule has 0 saturated heterocycles. The lowest BCUT2D eigenvalue weighted by molar-refractivity contribution is -0.149. The van der Waals surface area contributed by atoms with Crippen molar-refractivity contribution >= 4 is 35.1 Å². The van der Waals surface area contributed by atoms with Crippen LogP contribution in [0.5, 0.6) is 0 Å². The number of esters is 1. The molecular formula is C11H11Cl2NO4. The van der Waals surface area contributed by atoms with Gasteiger partial charge in [-0.25, -0.2) is 4.79 Å². The van der Waals surface area contributed by atoms with Gasteiger partial charge in [0.2, 0.25) is 0 Å². The summed E-state index contributed by atoms with van der Waals surface area (Å²) in [6, 6.07) is 4.63.